The molecule has 4 aromatic rings. The van der Waals surface area contributed by atoms with E-state index < -0.39 is 5.91 Å². The van der Waals surface area contributed by atoms with Crippen molar-refractivity contribution in [2.24, 2.45) is 5.73 Å². The second-order valence-electron chi connectivity index (χ2n) is 6.26. The fourth-order valence-electron chi connectivity index (χ4n) is 3.28. The van der Waals surface area contributed by atoms with Crippen LogP contribution in [0.25, 0.3) is 20.7 Å². The van der Waals surface area contributed by atoms with Crippen LogP contribution in [0.2, 0.25) is 5.02 Å². The molecule has 0 aliphatic rings. The monoisotopic (exact) mass is 384 g/mol. The molecule has 4 nitrogen and oxygen atoms in total. The summed E-state index contributed by atoms with van der Waals surface area (Å²) in [5.74, 6) is 0.395. The van der Waals surface area contributed by atoms with Gasteiger partial charge in [-0.05, 0) is 61.2 Å². The minimum absolute atomic E-state index is 0.427. The highest BCUT2D eigenvalue weighted by Crippen LogP contribution is 2.40. The molecule has 3 aromatic heterocycles. The zero-order chi connectivity index (χ0) is 18.4. The summed E-state index contributed by atoms with van der Waals surface area (Å²) in [6.45, 7) is 4.52. The highest BCUT2D eigenvalue weighted by Gasteiger charge is 2.21. The Bertz CT molecular complexity index is 1120. The van der Waals surface area contributed by atoms with E-state index in [4.69, 9.17) is 21.8 Å². The number of nitrogens with two attached hydrogens (primary N) is 1. The molecule has 0 saturated heterocycles. The van der Waals surface area contributed by atoms with Crippen molar-refractivity contribution in [2.75, 3.05) is 0 Å². The first-order valence-corrected chi connectivity index (χ1v) is 9.36. The molecule has 1 amide bonds. The summed E-state index contributed by atoms with van der Waals surface area (Å²) in [6, 6.07) is 11.6. The van der Waals surface area contributed by atoms with Crippen molar-refractivity contribution in [1.29, 1.82) is 0 Å². The second-order valence-corrected chi connectivity index (χ2v) is 7.74. The lowest BCUT2D eigenvalue weighted by Gasteiger charge is -2.10. The lowest BCUT2D eigenvalue weighted by atomic mass is 10.1. The molecule has 3 heterocycles. The number of fused-ring (bicyclic) bond motifs is 1. The van der Waals surface area contributed by atoms with Gasteiger partial charge in [-0.3, -0.25) is 4.79 Å². The minimum atomic E-state index is -0.427. The SMILES string of the molecule is Cc1c(-c2cc(C(N)=O)c(C)n2Cc2ccco2)sc2ccc(Cl)cc12. The molecule has 0 saturated carbocycles. The number of primary amides is 1. The van der Waals surface area contributed by atoms with Gasteiger partial charge in [0.15, 0.2) is 0 Å². The number of carbonyl (C=O) groups excluding carboxylic acids is 1. The smallest absolute Gasteiger partial charge is 0.250 e. The molecule has 0 bridgehead atoms. The van der Waals surface area contributed by atoms with Crippen LogP contribution in [0.4, 0.5) is 0 Å². The number of hydrogen-bond donors (Lipinski definition) is 1. The van der Waals surface area contributed by atoms with Crippen LogP contribution in [-0.2, 0) is 6.54 Å². The van der Waals surface area contributed by atoms with E-state index in [0.717, 1.165) is 37.7 Å². The van der Waals surface area contributed by atoms with Gasteiger partial charge in [0, 0.05) is 15.4 Å². The highest BCUT2D eigenvalue weighted by atomic mass is 35.5. The molecule has 2 N–H and O–H groups in total. The van der Waals surface area contributed by atoms with Gasteiger partial charge in [-0.25, -0.2) is 0 Å². The Morgan fingerprint density at radius 1 is 1.27 bits per heavy atom. The molecule has 26 heavy (non-hydrogen) atoms. The average Bonchev–Trinajstić information content (AvgIpc) is 3.29. The van der Waals surface area contributed by atoms with Crippen molar-refractivity contribution < 1.29 is 9.21 Å². The van der Waals surface area contributed by atoms with E-state index in [2.05, 4.69) is 11.5 Å². The summed E-state index contributed by atoms with van der Waals surface area (Å²) in [4.78, 5) is 13.0. The van der Waals surface area contributed by atoms with Crippen LogP contribution in [0.5, 0.6) is 0 Å². The number of halogens is 1. The van der Waals surface area contributed by atoms with Crippen LogP contribution in [-0.4, -0.2) is 10.5 Å². The van der Waals surface area contributed by atoms with Crippen molar-refractivity contribution in [3.05, 3.63) is 70.3 Å². The number of aryl methyl sites for hydroxylation is 1. The van der Waals surface area contributed by atoms with Crippen LogP contribution in [0.3, 0.4) is 0 Å². The van der Waals surface area contributed by atoms with Crippen LogP contribution in [0, 0.1) is 13.8 Å². The van der Waals surface area contributed by atoms with E-state index in [1.807, 2.05) is 43.3 Å². The number of benzene rings is 1. The predicted molar refractivity (Wildman–Crippen MR) is 106 cm³/mol. The number of furan rings is 1. The highest BCUT2D eigenvalue weighted by molar-refractivity contribution is 7.22. The molecule has 0 spiro atoms. The number of rotatable bonds is 4. The fraction of sp³-hybridized carbons (Fsp3) is 0.150. The Kier molecular flexibility index (Phi) is 4.13. The number of hydrogen-bond acceptors (Lipinski definition) is 3. The van der Waals surface area contributed by atoms with Gasteiger partial charge in [-0.2, -0.15) is 0 Å². The third kappa shape index (κ3) is 2.73. The molecule has 0 unspecified atom stereocenters. The van der Waals surface area contributed by atoms with E-state index in [9.17, 15) is 4.79 Å². The van der Waals surface area contributed by atoms with Crippen molar-refractivity contribution in [3.8, 4) is 10.6 Å². The van der Waals surface area contributed by atoms with Crippen LogP contribution >= 0.6 is 22.9 Å². The lowest BCUT2D eigenvalue weighted by molar-refractivity contribution is 0.0999. The molecule has 6 heteroatoms. The summed E-state index contributed by atoms with van der Waals surface area (Å²) in [5.41, 5.74) is 9.05. The fourth-order valence-corrected chi connectivity index (χ4v) is 4.67. The molecular formula is C20H17ClN2O2S. The van der Waals surface area contributed by atoms with Crippen LogP contribution < -0.4 is 5.73 Å². The first-order valence-electron chi connectivity index (χ1n) is 8.17. The van der Waals surface area contributed by atoms with E-state index in [1.165, 1.54) is 0 Å². The third-order valence-corrected chi connectivity index (χ3v) is 6.19. The third-order valence-electron chi connectivity index (χ3n) is 4.66. The number of thiophene rings is 1. The summed E-state index contributed by atoms with van der Waals surface area (Å²) in [6.07, 6.45) is 1.65. The first-order chi connectivity index (χ1) is 12.5. The molecule has 0 radical (unpaired) electrons. The standard InChI is InChI=1S/C20H17ClN2O2S/c1-11-15-8-13(21)5-6-18(15)26-19(11)17-9-16(20(22)24)12(2)23(17)10-14-4-3-7-25-14/h3-9H,10H2,1-2H3,(H2,22,24). The summed E-state index contributed by atoms with van der Waals surface area (Å²) >= 11 is 7.85. The Labute approximate surface area is 159 Å². The van der Waals surface area contributed by atoms with E-state index in [-0.39, 0.29) is 0 Å². The Balaban J connectivity index is 1.94. The molecular weight excluding hydrogens is 368 g/mol. The summed E-state index contributed by atoms with van der Waals surface area (Å²) in [5, 5.41) is 1.84. The molecule has 0 fully saturated rings. The van der Waals surface area contributed by atoms with Gasteiger partial charge in [-0.1, -0.05) is 11.6 Å². The van der Waals surface area contributed by atoms with Crippen molar-refractivity contribution in [2.45, 2.75) is 20.4 Å². The summed E-state index contributed by atoms with van der Waals surface area (Å²) < 4.78 is 8.75. The number of nitrogens with zero attached hydrogens (tertiary/aromatic N) is 1. The molecule has 1 aromatic carbocycles. The zero-order valence-electron chi connectivity index (χ0n) is 14.4. The molecule has 4 rings (SSSR count). The topological polar surface area (TPSA) is 61.2 Å². The average molecular weight is 385 g/mol. The number of amides is 1. The lowest BCUT2D eigenvalue weighted by Crippen LogP contribution is -2.12. The van der Waals surface area contributed by atoms with Crippen molar-refractivity contribution >= 4 is 38.9 Å². The normalized spacial score (nSPS) is 11.3. The first kappa shape index (κ1) is 16.9. The van der Waals surface area contributed by atoms with E-state index in [0.29, 0.717) is 17.1 Å². The number of carbonyl (C=O) groups is 1. The van der Waals surface area contributed by atoms with Gasteiger partial charge < -0.3 is 14.7 Å². The van der Waals surface area contributed by atoms with Gasteiger partial charge in [0.05, 0.1) is 28.9 Å². The van der Waals surface area contributed by atoms with Crippen molar-refractivity contribution in [1.82, 2.24) is 4.57 Å². The van der Waals surface area contributed by atoms with Crippen LogP contribution in [0.1, 0.15) is 27.4 Å². The van der Waals surface area contributed by atoms with Gasteiger partial charge in [-0.15, -0.1) is 11.3 Å². The quantitative estimate of drug-likeness (QED) is 0.513. The van der Waals surface area contributed by atoms with E-state index >= 15 is 0 Å². The largest absolute Gasteiger partial charge is 0.467 e. The molecule has 132 valence electrons. The maximum Gasteiger partial charge on any atom is 0.250 e. The maximum absolute atomic E-state index is 11.9. The Morgan fingerprint density at radius 2 is 2.08 bits per heavy atom. The van der Waals surface area contributed by atoms with E-state index in [1.54, 1.807) is 17.6 Å². The predicted octanol–water partition coefficient (Wildman–Crippen LogP) is 5.38. The second kappa shape index (κ2) is 6.34. The molecule has 0 aliphatic carbocycles. The number of aromatic nitrogens is 1. The molecule has 0 atom stereocenters. The zero-order valence-corrected chi connectivity index (χ0v) is 15.9. The van der Waals surface area contributed by atoms with Crippen molar-refractivity contribution in [3.63, 3.8) is 0 Å². The minimum Gasteiger partial charge on any atom is -0.467 e. The summed E-state index contributed by atoms with van der Waals surface area (Å²) in [7, 11) is 0. The van der Waals surface area contributed by atoms with Gasteiger partial charge in [0.25, 0.3) is 5.91 Å². The van der Waals surface area contributed by atoms with Crippen LogP contribution in [0.15, 0.2) is 47.1 Å². The van der Waals surface area contributed by atoms with Gasteiger partial charge >= 0.3 is 0 Å². The Hall–Kier alpha value is -2.50. The Morgan fingerprint density at radius 3 is 2.77 bits per heavy atom. The molecule has 0 aliphatic heterocycles. The van der Waals surface area contributed by atoms with Gasteiger partial charge in [0.2, 0.25) is 0 Å². The maximum atomic E-state index is 11.9. The van der Waals surface area contributed by atoms with Gasteiger partial charge in [0.1, 0.15) is 5.76 Å².